The van der Waals surface area contributed by atoms with Crippen LogP contribution in [0.3, 0.4) is 0 Å². The van der Waals surface area contributed by atoms with Gasteiger partial charge in [0.2, 0.25) is 0 Å². The van der Waals surface area contributed by atoms with Gasteiger partial charge < -0.3 is 10.6 Å². The molecular weight excluding hydrogens is 192 g/mol. The lowest BCUT2D eigenvalue weighted by Crippen LogP contribution is -2.43. The van der Waals surface area contributed by atoms with Crippen molar-refractivity contribution in [3.05, 3.63) is 23.8 Å². The summed E-state index contributed by atoms with van der Waals surface area (Å²) in [7, 11) is 0. The summed E-state index contributed by atoms with van der Waals surface area (Å²) in [5.41, 5.74) is 9.57. The minimum Gasteiger partial charge on any atom is -0.399 e. The van der Waals surface area contributed by atoms with Crippen LogP contribution >= 0.6 is 11.8 Å². The monoisotopic (exact) mass is 206 g/mol. The molecule has 0 radical (unpaired) electrons. The molecule has 74 valence electrons. The van der Waals surface area contributed by atoms with Crippen LogP contribution in [0.15, 0.2) is 18.2 Å². The molecule has 0 atom stereocenters. The number of anilines is 2. The lowest BCUT2D eigenvalue weighted by atomic mass is 10.1. The second-order valence-electron chi connectivity index (χ2n) is 4.02. The molecular formula is C11H14N2S. The van der Waals surface area contributed by atoms with Crippen LogP contribution in [0.1, 0.15) is 5.56 Å². The Bertz CT molecular complexity index is 360. The van der Waals surface area contributed by atoms with Crippen LogP contribution < -0.4 is 10.6 Å². The van der Waals surface area contributed by atoms with E-state index in [-0.39, 0.29) is 0 Å². The van der Waals surface area contributed by atoms with Gasteiger partial charge >= 0.3 is 0 Å². The third-order valence-electron chi connectivity index (χ3n) is 3.10. The van der Waals surface area contributed by atoms with Gasteiger partial charge in [0.15, 0.2) is 0 Å². The number of thioether (sulfide) groups is 1. The minimum atomic E-state index is 0.767. The maximum Gasteiger partial charge on any atom is 0.0471 e. The van der Waals surface area contributed by atoms with Crippen molar-refractivity contribution in [3.63, 3.8) is 0 Å². The van der Waals surface area contributed by atoms with Crippen LogP contribution in [0.2, 0.25) is 0 Å². The molecule has 0 bridgehead atoms. The highest BCUT2D eigenvalue weighted by Gasteiger charge is 2.30. The Labute approximate surface area is 88.5 Å². The third kappa shape index (κ3) is 1.19. The number of nitrogens with zero attached hydrogens (tertiary/aromatic N) is 1. The van der Waals surface area contributed by atoms with E-state index in [9.17, 15) is 0 Å². The normalized spacial score (nSPS) is 20.7. The van der Waals surface area contributed by atoms with E-state index in [2.05, 4.69) is 17.0 Å². The van der Waals surface area contributed by atoms with Crippen molar-refractivity contribution in [1.29, 1.82) is 0 Å². The molecule has 2 aliphatic heterocycles. The van der Waals surface area contributed by atoms with Crippen LogP contribution in [0.5, 0.6) is 0 Å². The predicted octanol–water partition coefficient (Wildman–Crippen LogP) is 1.75. The molecule has 0 unspecified atom stereocenters. The molecule has 2 aliphatic rings. The number of hydrogen-bond acceptors (Lipinski definition) is 3. The molecule has 0 aromatic heterocycles. The Balaban J connectivity index is 1.95. The fourth-order valence-electron chi connectivity index (χ4n) is 2.20. The van der Waals surface area contributed by atoms with Crippen LogP contribution in [-0.4, -0.2) is 24.1 Å². The van der Waals surface area contributed by atoms with Crippen LogP contribution in [0, 0.1) is 0 Å². The smallest absolute Gasteiger partial charge is 0.0471 e. The first-order valence-electron chi connectivity index (χ1n) is 5.07. The zero-order chi connectivity index (χ0) is 9.54. The molecule has 3 rings (SSSR count). The van der Waals surface area contributed by atoms with Gasteiger partial charge in [0.1, 0.15) is 0 Å². The lowest BCUT2D eigenvalue weighted by Gasteiger charge is -2.36. The van der Waals surface area contributed by atoms with Gasteiger partial charge in [-0.05, 0) is 24.1 Å². The van der Waals surface area contributed by atoms with E-state index in [4.69, 9.17) is 5.73 Å². The number of rotatable bonds is 1. The summed E-state index contributed by atoms with van der Waals surface area (Å²) < 4.78 is 0. The quantitative estimate of drug-likeness (QED) is 0.710. The van der Waals surface area contributed by atoms with Gasteiger partial charge in [-0.1, -0.05) is 6.07 Å². The Hall–Kier alpha value is -0.830. The Morgan fingerprint density at radius 1 is 1.36 bits per heavy atom. The molecule has 1 aromatic rings. The van der Waals surface area contributed by atoms with Crippen molar-refractivity contribution in [2.24, 2.45) is 0 Å². The molecule has 1 saturated heterocycles. The summed E-state index contributed by atoms with van der Waals surface area (Å²) in [6, 6.07) is 7.09. The summed E-state index contributed by atoms with van der Waals surface area (Å²) in [4.78, 5) is 2.53. The average molecular weight is 206 g/mol. The maximum atomic E-state index is 5.82. The number of fused-ring (bicyclic) bond motifs is 1. The van der Waals surface area contributed by atoms with E-state index in [0.717, 1.165) is 11.7 Å². The number of nitrogens with two attached hydrogens (primary N) is 1. The SMILES string of the molecule is Nc1ccc2c(c1)N(C1CSC1)CC2. The van der Waals surface area contributed by atoms with Crippen molar-refractivity contribution in [2.75, 3.05) is 28.7 Å². The lowest BCUT2D eigenvalue weighted by molar-refractivity contribution is 0.702. The van der Waals surface area contributed by atoms with Gasteiger partial charge in [0, 0.05) is 35.5 Å². The molecule has 2 heterocycles. The zero-order valence-electron chi connectivity index (χ0n) is 8.07. The summed E-state index contributed by atoms with van der Waals surface area (Å²) in [5, 5.41) is 0. The maximum absolute atomic E-state index is 5.82. The summed E-state index contributed by atoms with van der Waals surface area (Å²) in [6.45, 7) is 1.18. The second-order valence-corrected chi connectivity index (χ2v) is 5.10. The molecule has 1 aromatic carbocycles. The van der Waals surface area contributed by atoms with E-state index < -0.39 is 0 Å². The van der Waals surface area contributed by atoms with Crippen molar-refractivity contribution < 1.29 is 0 Å². The highest BCUT2D eigenvalue weighted by molar-refractivity contribution is 8.00. The van der Waals surface area contributed by atoms with Gasteiger partial charge in [-0.25, -0.2) is 0 Å². The van der Waals surface area contributed by atoms with Crippen LogP contribution in [0.4, 0.5) is 11.4 Å². The summed E-state index contributed by atoms with van der Waals surface area (Å²) >= 11 is 2.04. The van der Waals surface area contributed by atoms with E-state index in [1.165, 1.54) is 35.7 Å². The summed E-state index contributed by atoms with van der Waals surface area (Å²) in [5.74, 6) is 2.57. The number of hydrogen-bond donors (Lipinski definition) is 1. The van der Waals surface area contributed by atoms with Gasteiger partial charge in [0.25, 0.3) is 0 Å². The Morgan fingerprint density at radius 3 is 2.93 bits per heavy atom. The minimum absolute atomic E-state index is 0.767. The van der Waals surface area contributed by atoms with E-state index in [0.29, 0.717) is 0 Å². The fourth-order valence-corrected chi connectivity index (χ4v) is 3.01. The first-order chi connectivity index (χ1) is 6.84. The zero-order valence-corrected chi connectivity index (χ0v) is 8.89. The standard InChI is InChI=1S/C11H14N2S/c12-9-2-1-8-3-4-13(11(8)5-9)10-6-14-7-10/h1-2,5,10H,3-4,6-7,12H2. The Kier molecular flexibility index (Phi) is 1.87. The van der Waals surface area contributed by atoms with Gasteiger partial charge in [-0.2, -0.15) is 11.8 Å². The number of nitrogen functional groups attached to an aromatic ring is 1. The molecule has 14 heavy (non-hydrogen) atoms. The molecule has 1 fully saturated rings. The molecule has 0 amide bonds. The molecule has 0 spiro atoms. The predicted molar refractivity (Wildman–Crippen MR) is 63.0 cm³/mol. The molecule has 3 heteroatoms. The highest BCUT2D eigenvalue weighted by atomic mass is 32.2. The van der Waals surface area contributed by atoms with Crippen molar-refractivity contribution in [2.45, 2.75) is 12.5 Å². The fraction of sp³-hybridized carbons (Fsp3) is 0.455. The highest BCUT2D eigenvalue weighted by Crippen LogP contribution is 2.35. The van der Waals surface area contributed by atoms with Crippen molar-refractivity contribution in [1.82, 2.24) is 0 Å². The first kappa shape index (κ1) is 8.48. The number of benzene rings is 1. The van der Waals surface area contributed by atoms with Gasteiger partial charge in [-0.15, -0.1) is 0 Å². The van der Waals surface area contributed by atoms with Gasteiger partial charge in [0.05, 0.1) is 0 Å². The van der Waals surface area contributed by atoms with E-state index >= 15 is 0 Å². The van der Waals surface area contributed by atoms with Crippen LogP contribution in [0.25, 0.3) is 0 Å². The summed E-state index contributed by atoms with van der Waals surface area (Å²) in [6.07, 6.45) is 1.19. The Morgan fingerprint density at radius 2 is 2.21 bits per heavy atom. The van der Waals surface area contributed by atoms with Crippen molar-refractivity contribution >= 4 is 23.1 Å². The first-order valence-corrected chi connectivity index (χ1v) is 6.23. The molecule has 2 N–H and O–H groups in total. The average Bonchev–Trinajstić information content (AvgIpc) is 2.46. The van der Waals surface area contributed by atoms with Gasteiger partial charge in [-0.3, -0.25) is 0 Å². The third-order valence-corrected chi connectivity index (χ3v) is 4.34. The second kappa shape index (κ2) is 3.09. The molecule has 0 aliphatic carbocycles. The van der Waals surface area contributed by atoms with E-state index in [1.807, 2.05) is 17.8 Å². The van der Waals surface area contributed by atoms with Crippen LogP contribution in [-0.2, 0) is 6.42 Å². The largest absolute Gasteiger partial charge is 0.399 e. The molecule has 2 nitrogen and oxygen atoms in total. The topological polar surface area (TPSA) is 29.3 Å². The van der Waals surface area contributed by atoms with Crippen molar-refractivity contribution in [3.8, 4) is 0 Å². The van der Waals surface area contributed by atoms with E-state index in [1.54, 1.807) is 0 Å². The molecule has 0 saturated carbocycles.